The van der Waals surface area contributed by atoms with Crippen LogP contribution in [0.2, 0.25) is 5.02 Å². The van der Waals surface area contributed by atoms with Crippen LogP contribution in [0.25, 0.3) is 10.6 Å². The number of rotatable bonds is 6. The van der Waals surface area contributed by atoms with Crippen molar-refractivity contribution < 1.29 is 4.79 Å². The van der Waals surface area contributed by atoms with Crippen molar-refractivity contribution in [3.8, 4) is 10.6 Å². The average molecular weight is 399 g/mol. The number of aryl methyl sites for hydroxylation is 1. The fraction of sp³-hybridized carbons (Fsp3) is 0.300. The monoisotopic (exact) mass is 398 g/mol. The minimum Gasteiger partial charge on any atom is -0.345 e. The van der Waals surface area contributed by atoms with Gasteiger partial charge in [0.15, 0.2) is 5.82 Å². The molecule has 2 heterocycles. The van der Waals surface area contributed by atoms with Crippen molar-refractivity contribution in [2.24, 2.45) is 5.92 Å². The maximum atomic E-state index is 12.6. The van der Waals surface area contributed by atoms with Gasteiger partial charge in [-0.2, -0.15) is 0 Å². The number of carbonyl (C=O) groups excluding carboxylic acids is 1. The van der Waals surface area contributed by atoms with Crippen LogP contribution in [-0.2, 0) is 11.2 Å². The topological polar surface area (TPSA) is 67.8 Å². The first-order valence-electron chi connectivity index (χ1n) is 8.88. The van der Waals surface area contributed by atoms with Crippen LogP contribution in [-0.4, -0.2) is 20.9 Å². The molecule has 1 aliphatic carbocycles. The number of nitrogens with one attached hydrogen (secondary N) is 1. The second kappa shape index (κ2) is 7.74. The van der Waals surface area contributed by atoms with Crippen molar-refractivity contribution in [3.05, 3.63) is 64.1 Å². The first-order valence-corrected chi connectivity index (χ1v) is 10.1. The molecule has 2 aromatic heterocycles. The Morgan fingerprint density at radius 3 is 2.85 bits per heavy atom. The van der Waals surface area contributed by atoms with E-state index in [4.69, 9.17) is 11.6 Å². The lowest BCUT2D eigenvalue weighted by molar-refractivity contribution is -0.121. The van der Waals surface area contributed by atoms with E-state index in [0.29, 0.717) is 16.8 Å². The van der Waals surface area contributed by atoms with Gasteiger partial charge in [0.1, 0.15) is 5.01 Å². The quantitative estimate of drug-likeness (QED) is 0.669. The summed E-state index contributed by atoms with van der Waals surface area (Å²) in [6.07, 6.45) is 4.16. The molecule has 27 heavy (non-hydrogen) atoms. The first-order chi connectivity index (χ1) is 13.1. The number of hydrogen-bond acceptors (Lipinski definition) is 5. The molecule has 0 saturated heterocycles. The standard InChI is InChI=1S/C20H19ClN4OS/c1-12-8-9-22-19(23-12)18(13-6-7-13)25-17(26)10-14-11-27-20(24-14)15-4-2-3-5-16(15)21/h2-5,8-9,11,13,18H,6-7,10H2,1H3,(H,25,26). The van der Waals surface area contributed by atoms with Gasteiger partial charge >= 0.3 is 0 Å². The molecule has 0 bridgehead atoms. The number of carbonyl (C=O) groups is 1. The minimum atomic E-state index is -0.126. The number of halogens is 1. The van der Waals surface area contributed by atoms with Crippen molar-refractivity contribution in [2.45, 2.75) is 32.2 Å². The Morgan fingerprint density at radius 1 is 1.30 bits per heavy atom. The molecule has 1 fully saturated rings. The number of aromatic nitrogens is 3. The van der Waals surface area contributed by atoms with E-state index in [0.717, 1.165) is 34.8 Å². The van der Waals surface area contributed by atoms with Crippen LogP contribution >= 0.6 is 22.9 Å². The molecule has 0 aliphatic heterocycles. The zero-order chi connectivity index (χ0) is 18.8. The summed E-state index contributed by atoms with van der Waals surface area (Å²) < 4.78 is 0. The molecule has 138 valence electrons. The predicted molar refractivity (Wildman–Crippen MR) is 107 cm³/mol. The maximum Gasteiger partial charge on any atom is 0.226 e. The number of thiazole rings is 1. The van der Waals surface area contributed by atoms with E-state index in [2.05, 4.69) is 20.3 Å². The minimum absolute atomic E-state index is 0.0620. The van der Waals surface area contributed by atoms with E-state index >= 15 is 0 Å². The fourth-order valence-electron chi connectivity index (χ4n) is 2.98. The van der Waals surface area contributed by atoms with Crippen molar-refractivity contribution in [1.29, 1.82) is 0 Å². The van der Waals surface area contributed by atoms with Gasteiger partial charge in [-0.1, -0.05) is 29.8 Å². The van der Waals surface area contributed by atoms with Gasteiger partial charge in [-0.3, -0.25) is 4.79 Å². The van der Waals surface area contributed by atoms with Crippen molar-refractivity contribution in [3.63, 3.8) is 0 Å². The molecule has 1 N–H and O–H groups in total. The van der Waals surface area contributed by atoms with E-state index < -0.39 is 0 Å². The third-order valence-corrected chi connectivity index (χ3v) is 5.75. The highest BCUT2D eigenvalue weighted by atomic mass is 35.5. The smallest absolute Gasteiger partial charge is 0.226 e. The van der Waals surface area contributed by atoms with E-state index in [1.807, 2.05) is 42.6 Å². The van der Waals surface area contributed by atoms with Crippen LogP contribution in [0.3, 0.4) is 0 Å². The number of nitrogens with zero attached hydrogens (tertiary/aromatic N) is 3. The summed E-state index contributed by atoms with van der Waals surface area (Å²) in [5, 5.41) is 6.50. The summed E-state index contributed by atoms with van der Waals surface area (Å²) in [7, 11) is 0. The van der Waals surface area contributed by atoms with Gasteiger partial charge < -0.3 is 5.32 Å². The molecule has 1 aromatic carbocycles. The predicted octanol–water partition coefficient (Wildman–Crippen LogP) is 4.37. The van der Waals surface area contributed by atoms with Crippen molar-refractivity contribution in [1.82, 2.24) is 20.3 Å². The van der Waals surface area contributed by atoms with Gasteiger partial charge in [0, 0.05) is 22.8 Å². The van der Waals surface area contributed by atoms with Gasteiger partial charge in [0.2, 0.25) is 5.91 Å². The maximum absolute atomic E-state index is 12.6. The molecule has 0 radical (unpaired) electrons. The van der Waals surface area contributed by atoms with Crippen LogP contribution in [0.1, 0.15) is 36.1 Å². The van der Waals surface area contributed by atoms with E-state index in [-0.39, 0.29) is 18.4 Å². The van der Waals surface area contributed by atoms with Crippen LogP contribution < -0.4 is 5.32 Å². The Morgan fingerprint density at radius 2 is 2.11 bits per heavy atom. The highest BCUT2D eigenvalue weighted by Gasteiger charge is 2.35. The van der Waals surface area contributed by atoms with Crippen LogP contribution in [0.15, 0.2) is 41.9 Å². The molecular formula is C20H19ClN4OS. The Balaban J connectivity index is 1.45. The Labute approximate surface area is 166 Å². The molecule has 3 aromatic rings. The highest BCUT2D eigenvalue weighted by molar-refractivity contribution is 7.13. The summed E-state index contributed by atoms with van der Waals surface area (Å²) in [5.41, 5.74) is 2.54. The van der Waals surface area contributed by atoms with Crippen LogP contribution in [0, 0.1) is 12.8 Å². The molecule has 1 amide bonds. The molecule has 1 unspecified atom stereocenters. The summed E-state index contributed by atoms with van der Waals surface area (Å²) in [6, 6.07) is 9.33. The zero-order valence-electron chi connectivity index (χ0n) is 14.9. The second-order valence-electron chi connectivity index (χ2n) is 6.74. The molecule has 5 nitrogen and oxygen atoms in total. The van der Waals surface area contributed by atoms with Gasteiger partial charge in [-0.05, 0) is 37.8 Å². The number of benzene rings is 1. The van der Waals surface area contributed by atoms with Gasteiger partial charge in [0.25, 0.3) is 0 Å². The summed E-state index contributed by atoms with van der Waals surface area (Å²) >= 11 is 7.73. The second-order valence-corrected chi connectivity index (χ2v) is 8.00. The SMILES string of the molecule is Cc1ccnc(C(NC(=O)Cc2csc(-c3ccccc3Cl)n2)C2CC2)n1. The largest absolute Gasteiger partial charge is 0.345 e. The van der Waals surface area contributed by atoms with E-state index in [1.165, 1.54) is 11.3 Å². The van der Waals surface area contributed by atoms with Gasteiger partial charge in [-0.25, -0.2) is 15.0 Å². The van der Waals surface area contributed by atoms with E-state index in [1.54, 1.807) is 6.20 Å². The average Bonchev–Trinajstić information content (AvgIpc) is 3.39. The molecule has 1 atom stereocenters. The van der Waals surface area contributed by atoms with Crippen molar-refractivity contribution in [2.75, 3.05) is 0 Å². The molecular weight excluding hydrogens is 380 g/mol. The molecule has 4 rings (SSSR count). The first kappa shape index (κ1) is 18.1. The van der Waals surface area contributed by atoms with Gasteiger partial charge in [-0.15, -0.1) is 11.3 Å². The summed E-state index contributed by atoms with van der Waals surface area (Å²) in [4.78, 5) is 26.0. The zero-order valence-corrected chi connectivity index (χ0v) is 16.4. The van der Waals surface area contributed by atoms with Crippen molar-refractivity contribution >= 4 is 28.8 Å². The third-order valence-electron chi connectivity index (χ3n) is 4.50. The van der Waals surface area contributed by atoms with Gasteiger partial charge in [0.05, 0.1) is 23.2 Å². The van der Waals surface area contributed by atoms with E-state index in [9.17, 15) is 4.79 Å². The number of amides is 1. The highest BCUT2D eigenvalue weighted by Crippen LogP contribution is 2.40. The number of hydrogen-bond donors (Lipinski definition) is 1. The molecule has 1 saturated carbocycles. The van der Waals surface area contributed by atoms with Crippen LogP contribution in [0.5, 0.6) is 0 Å². The normalized spacial score (nSPS) is 14.7. The third kappa shape index (κ3) is 4.34. The lowest BCUT2D eigenvalue weighted by atomic mass is 10.1. The fourth-order valence-corrected chi connectivity index (χ4v) is 4.12. The summed E-state index contributed by atoms with van der Waals surface area (Å²) in [6.45, 7) is 1.93. The lowest BCUT2D eigenvalue weighted by Crippen LogP contribution is -2.32. The molecule has 1 aliphatic rings. The Kier molecular flexibility index (Phi) is 5.18. The van der Waals surface area contributed by atoms with Crippen LogP contribution in [0.4, 0.5) is 0 Å². The Bertz CT molecular complexity index is 970. The molecule has 0 spiro atoms. The lowest BCUT2D eigenvalue weighted by Gasteiger charge is -2.17. The Hall–Kier alpha value is -2.31. The molecule has 7 heteroatoms. The summed E-state index contributed by atoms with van der Waals surface area (Å²) in [5.74, 6) is 1.05.